The van der Waals surface area contributed by atoms with Gasteiger partial charge in [0.1, 0.15) is 5.95 Å². The van der Waals surface area contributed by atoms with Gasteiger partial charge in [0.15, 0.2) is 6.54 Å². The molecule has 2 rings (SSSR count). The average Bonchev–Trinajstić information content (AvgIpc) is 2.73. The highest BCUT2D eigenvalue weighted by Gasteiger charge is 2.12. The summed E-state index contributed by atoms with van der Waals surface area (Å²) in [6.45, 7) is 0.412. The van der Waals surface area contributed by atoms with Gasteiger partial charge in [-0.2, -0.15) is 0 Å². The molecule has 0 aliphatic heterocycles. The van der Waals surface area contributed by atoms with Gasteiger partial charge in [-0.05, 0) is 17.7 Å². The zero-order valence-electron chi connectivity index (χ0n) is 8.91. The summed E-state index contributed by atoms with van der Waals surface area (Å²) in [4.78, 5) is 0. The minimum Gasteiger partial charge on any atom is -0.539 e. The molecule has 0 radical (unpaired) electrons. The van der Waals surface area contributed by atoms with Gasteiger partial charge in [-0.3, -0.25) is 0 Å². The second-order valence-corrected chi connectivity index (χ2v) is 4.08. The van der Waals surface area contributed by atoms with Gasteiger partial charge in [0.05, 0.1) is 11.4 Å². The van der Waals surface area contributed by atoms with Gasteiger partial charge in [-0.1, -0.05) is 28.4 Å². The van der Waals surface area contributed by atoms with E-state index >= 15 is 0 Å². The summed E-state index contributed by atoms with van der Waals surface area (Å²) in [5.41, 5.74) is 0.779. The van der Waals surface area contributed by atoms with Gasteiger partial charge in [0.25, 0.3) is 0 Å². The molecule has 1 unspecified atom stereocenters. The Morgan fingerprint density at radius 2 is 2.12 bits per heavy atom. The summed E-state index contributed by atoms with van der Waals surface area (Å²) in [7, 11) is 0. The molecule has 0 saturated carbocycles. The summed E-state index contributed by atoms with van der Waals surface area (Å²) < 4.78 is 5.74. The monoisotopic (exact) mass is 254 g/mol. The van der Waals surface area contributed by atoms with Crippen LogP contribution in [0.1, 0.15) is 18.1 Å². The summed E-state index contributed by atoms with van der Waals surface area (Å²) in [6.07, 6.45) is 1.07. The van der Waals surface area contributed by atoms with Gasteiger partial charge in [0.2, 0.25) is 6.20 Å². The number of aryl methyl sites for hydroxylation is 1. The van der Waals surface area contributed by atoms with Crippen molar-refractivity contribution >= 4 is 11.6 Å². The van der Waals surface area contributed by atoms with Crippen molar-refractivity contribution in [3.63, 3.8) is 0 Å². The van der Waals surface area contributed by atoms with Crippen LogP contribution < -0.4 is 9.79 Å². The van der Waals surface area contributed by atoms with E-state index in [1.807, 2.05) is 0 Å². The highest BCUT2D eigenvalue weighted by Crippen LogP contribution is 2.18. The SMILES string of the molecule is [O-]c1c[n+](CCC(O)c2ccc(Cl)cc2)no1. The van der Waals surface area contributed by atoms with Gasteiger partial charge in [0, 0.05) is 11.4 Å². The molecule has 1 N–H and O–H groups in total. The number of benzene rings is 1. The largest absolute Gasteiger partial charge is 0.539 e. The van der Waals surface area contributed by atoms with E-state index in [0.717, 1.165) is 5.56 Å². The second-order valence-electron chi connectivity index (χ2n) is 3.64. The van der Waals surface area contributed by atoms with E-state index in [1.54, 1.807) is 24.3 Å². The molecule has 0 spiro atoms. The van der Waals surface area contributed by atoms with Gasteiger partial charge < -0.3 is 14.7 Å². The topological polar surface area (TPSA) is 73.2 Å². The van der Waals surface area contributed by atoms with Crippen molar-refractivity contribution in [3.05, 3.63) is 41.0 Å². The molecule has 2 aromatic rings. The maximum Gasteiger partial charge on any atom is 0.221 e. The molecular formula is C11H11ClN2O3. The van der Waals surface area contributed by atoms with Crippen LogP contribution in [0.2, 0.25) is 5.02 Å². The van der Waals surface area contributed by atoms with Crippen LogP contribution in [-0.4, -0.2) is 10.4 Å². The van der Waals surface area contributed by atoms with Gasteiger partial charge >= 0.3 is 0 Å². The third-order valence-electron chi connectivity index (χ3n) is 2.38. The zero-order valence-corrected chi connectivity index (χ0v) is 9.67. The predicted molar refractivity (Wildman–Crippen MR) is 57.2 cm³/mol. The molecule has 1 atom stereocenters. The van der Waals surface area contributed by atoms with Crippen LogP contribution in [-0.2, 0) is 6.54 Å². The normalized spacial score (nSPS) is 12.6. The third kappa shape index (κ3) is 3.18. The van der Waals surface area contributed by atoms with E-state index in [9.17, 15) is 10.2 Å². The molecule has 6 heteroatoms. The lowest BCUT2D eigenvalue weighted by atomic mass is 10.1. The van der Waals surface area contributed by atoms with Crippen molar-refractivity contribution in [2.24, 2.45) is 0 Å². The highest BCUT2D eigenvalue weighted by molar-refractivity contribution is 6.30. The average molecular weight is 255 g/mol. The maximum atomic E-state index is 10.7. The fraction of sp³-hybridized carbons (Fsp3) is 0.273. The van der Waals surface area contributed by atoms with Crippen LogP contribution in [0.25, 0.3) is 0 Å². The standard InChI is InChI=1S/C11H11ClN2O3/c12-9-3-1-8(2-4-9)10(15)5-6-14-7-11(16)17-13-14/h1-4,7,10,15H,5-6H2. The first kappa shape index (κ1) is 11.9. The Morgan fingerprint density at radius 1 is 1.41 bits per heavy atom. The second kappa shape index (κ2) is 5.16. The number of hydrogen-bond acceptors (Lipinski definition) is 4. The molecule has 5 nitrogen and oxygen atoms in total. The molecule has 0 bridgehead atoms. The van der Waals surface area contributed by atoms with Crippen LogP contribution in [0.4, 0.5) is 0 Å². The van der Waals surface area contributed by atoms with Crippen molar-refractivity contribution in [3.8, 4) is 5.95 Å². The molecule has 0 amide bonds. The number of nitrogens with zero attached hydrogens (tertiary/aromatic N) is 2. The van der Waals surface area contributed by atoms with E-state index in [2.05, 4.69) is 9.79 Å². The van der Waals surface area contributed by atoms with E-state index in [-0.39, 0.29) is 0 Å². The zero-order chi connectivity index (χ0) is 12.3. The van der Waals surface area contributed by atoms with Crippen molar-refractivity contribution < 1.29 is 19.4 Å². The summed E-state index contributed by atoms with van der Waals surface area (Å²) in [5.74, 6) is -0.494. The molecule has 1 aromatic heterocycles. The molecule has 17 heavy (non-hydrogen) atoms. The fourth-order valence-electron chi connectivity index (χ4n) is 1.47. The van der Waals surface area contributed by atoms with Crippen LogP contribution in [0.3, 0.4) is 0 Å². The van der Waals surface area contributed by atoms with Crippen molar-refractivity contribution in [2.75, 3.05) is 0 Å². The van der Waals surface area contributed by atoms with Crippen LogP contribution >= 0.6 is 11.6 Å². The summed E-state index contributed by atoms with van der Waals surface area (Å²) >= 11 is 5.75. The number of rotatable bonds is 4. The van der Waals surface area contributed by atoms with Gasteiger partial charge in [-0.25, -0.2) is 0 Å². The molecule has 0 saturated heterocycles. The van der Waals surface area contributed by atoms with Crippen LogP contribution in [0.15, 0.2) is 35.0 Å². The predicted octanol–water partition coefficient (Wildman–Crippen LogP) is 0.813. The highest BCUT2D eigenvalue weighted by atomic mass is 35.5. The molecule has 90 valence electrons. The van der Waals surface area contributed by atoms with E-state index in [1.165, 1.54) is 10.9 Å². The Hall–Kier alpha value is -1.59. The van der Waals surface area contributed by atoms with E-state index in [0.29, 0.717) is 18.0 Å². The Balaban J connectivity index is 1.93. The van der Waals surface area contributed by atoms with E-state index in [4.69, 9.17) is 11.6 Å². The van der Waals surface area contributed by atoms with Crippen molar-refractivity contribution in [2.45, 2.75) is 19.1 Å². The van der Waals surface area contributed by atoms with Crippen LogP contribution in [0, 0.1) is 0 Å². The molecule has 0 aliphatic carbocycles. The Morgan fingerprint density at radius 3 is 2.71 bits per heavy atom. The Labute approximate surface area is 103 Å². The van der Waals surface area contributed by atoms with Crippen LogP contribution in [0.5, 0.6) is 5.95 Å². The molecule has 0 fully saturated rings. The lowest BCUT2D eigenvalue weighted by Crippen LogP contribution is -2.35. The molecule has 1 heterocycles. The first-order valence-corrected chi connectivity index (χ1v) is 5.50. The number of hydrogen-bond donors (Lipinski definition) is 1. The molecule has 1 aromatic carbocycles. The molecule has 0 aliphatic rings. The number of aliphatic hydroxyl groups is 1. The molecular weight excluding hydrogens is 244 g/mol. The Kier molecular flexibility index (Phi) is 3.61. The lowest BCUT2D eigenvalue weighted by Gasteiger charge is -2.07. The summed E-state index contributed by atoms with van der Waals surface area (Å²) in [5, 5.41) is 24.7. The maximum absolute atomic E-state index is 10.7. The lowest BCUT2D eigenvalue weighted by molar-refractivity contribution is -0.763. The van der Waals surface area contributed by atoms with Crippen molar-refractivity contribution in [1.82, 2.24) is 5.27 Å². The smallest absolute Gasteiger partial charge is 0.221 e. The summed E-state index contributed by atoms with van der Waals surface area (Å²) in [6, 6.07) is 6.97. The van der Waals surface area contributed by atoms with Crippen molar-refractivity contribution in [1.29, 1.82) is 0 Å². The van der Waals surface area contributed by atoms with E-state index < -0.39 is 12.1 Å². The number of aliphatic hydroxyl groups excluding tert-OH is 1. The Bertz CT molecular complexity index is 484. The first-order chi connectivity index (χ1) is 8.15. The third-order valence-corrected chi connectivity index (χ3v) is 2.63. The number of aromatic nitrogens is 2. The minimum atomic E-state index is -0.619. The fourth-order valence-corrected chi connectivity index (χ4v) is 1.60. The first-order valence-electron chi connectivity index (χ1n) is 5.12. The minimum absolute atomic E-state index is 0.412. The van der Waals surface area contributed by atoms with Gasteiger partial charge in [-0.15, -0.1) is 0 Å². The quantitative estimate of drug-likeness (QED) is 0.820. The number of halogens is 1.